The van der Waals surface area contributed by atoms with Crippen LogP contribution in [0.2, 0.25) is 5.02 Å². The summed E-state index contributed by atoms with van der Waals surface area (Å²) in [5.74, 6) is 0.393. The van der Waals surface area contributed by atoms with E-state index in [-0.39, 0.29) is 24.5 Å². The molecule has 5 rings (SSSR count). The van der Waals surface area contributed by atoms with Crippen LogP contribution in [0.1, 0.15) is 45.3 Å². The second-order valence-corrected chi connectivity index (χ2v) is 9.26. The first kappa shape index (κ1) is 20.8. The fraction of sp³-hybridized carbons (Fsp3) is 0.261. The number of fused-ring (bicyclic) bond motifs is 2. The molecule has 7 nitrogen and oxygen atoms in total. The van der Waals surface area contributed by atoms with Gasteiger partial charge in [-0.15, -0.1) is 11.3 Å². The lowest BCUT2D eigenvalue weighted by Gasteiger charge is -2.21. The van der Waals surface area contributed by atoms with Crippen LogP contribution in [-0.4, -0.2) is 23.6 Å². The molecule has 1 aliphatic carbocycles. The van der Waals surface area contributed by atoms with Crippen LogP contribution in [-0.2, 0) is 11.2 Å². The van der Waals surface area contributed by atoms with Gasteiger partial charge in [0.25, 0.3) is 5.91 Å². The molecular weight excluding hydrogens is 450 g/mol. The van der Waals surface area contributed by atoms with Crippen LogP contribution in [0.25, 0.3) is 0 Å². The number of aryl methyl sites for hydroxylation is 2. The fourth-order valence-electron chi connectivity index (χ4n) is 3.88. The number of nitrogens with zero attached hydrogens (tertiary/aromatic N) is 1. The number of benzene rings is 2. The minimum atomic E-state index is -0.371. The molecule has 0 fully saturated rings. The van der Waals surface area contributed by atoms with Crippen molar-refractivity contribution < 1.29 is 19.1 Å². The number of ether oxygens (including phenoxy) is 2. The lowest BCUT2D eigenvalue weighted by Crippen LogP contribution is -2.25. The largest absolute Gasteiger partial charge is 0.454 e. The topological polar surface area (TPSA) is 89.6 Å². The normalized spacial score (nSPS) is 16.4. The Bertz CT molecular complexity index is 1230. The maximum absolute atomic E-state index is 13.1. The van der Waals surface area contributed by atoms with E-state index in [0.717, 1.165) is 29.0 Å². The Labute approximate surface area is 193 Å². The lowest BCUT2D eigenvalue weighted by atomic mass is 9.90. The van der Waals surface area contributed by atoms with Crippen LogP contribution >= 0.6 is 22.9 Å². The summed E-state index contributed by atoms with van der Waals surface area (Å²) < 4.78 is 10.6. The summed E-state index contributed by atoms with van der Waals surface area (Å²) in [4.78, 5) is 31.4. The second-order valence-electron chi connectivity index (χ2n) is 7.74. The van der Waals surface area contributed by atoms with E-state index in [9.17, 15) is 9.59 Å². The Hall–Kier alpha value is -3.10. The van der Waals surface area contributed by atoms with Gasteiger partial charge >= 0.3 is 0 Å². The highest BCUT2D eigenvalue weighted by atomic mass is 35.5. The molecular formula is C23H20ClN3O4S. The predicted octanol–water partition coefficient (Wildman–Crippen LogP) is 5.14. The zero-order valence-corrected chi connectivity index (χ0v) is 18.8. The van der Waals surface area contributed by atoms with Crippen molar-refractivity contribution in [1.29, 1.82) is 0 Å². The van der Waals surface area contributed by atoms with E-state index in [1.165, 1.54) is 11.3 Å². The quantitative estimate of drug-likeness (QED) is 0.552. The summed E-state index contributed by atoms with van der Waals surface area (Å²) in [6, 6.07) is 10.4. The number of carbonyl (C=O) groups excluding carboxylic acids is 2. The molecule has 1 aliphatic heterocycles. The highest BCUT2D eigenvalue weighted by molar-refractivity contribution is 7.16. The van der Waals surface area contributed by atoms with Gasteiger partial charge in [-0.1, -0.05) is 17.7 Å². The van der Waals surface area contributed by atoms with Crippen molar-refractivity contribution in [2.45, 2.75) is 32.1 Å². The van der Waals surface area contributed by atoms with E-state index in [1.807, 2.05) is 13.0 Å². The molecule has 1 aromatic heterocycles. The number of hydrogen-bond acceptors (Lipinski definition) is 6. The van der Waals surface area contributed by atoms with Gasteiger partial charge in [0.05, 0.1) is 11.6 Å². The van der Waals surface area contributed by atoms with Gasteiger partial charge in [-0.05, 0) is 62.1 Å². The SMILES string of the molecule is Cc1ccc(Cl)cc1NC(=O)C1CCCc2sc(NC(=O)c3ccc4c(c3)OCO4)nc21. The standard InChI is InChI=1S/C23H20ClN3O4S/c1-12-5-7-14(24)10-16(12)25-22(29)15-3-2-4-19-20(15)26-23(32-19)27-21(28)13-6-8-17-18(9-13)31-11-30-17/h5-10,15H,2-4,11H2,1H3,(H,25,29)(H,26,27,28). The van der Waals surface area contributed by atoms with Crippen LogP contribution < -0.4 is 20.1 Å². The monoisotopic (exact) mass is 469 g/mol. The highest BCUT2D eigenvalue weighted by Gasteiger charge is 2.31. The maximum atomic E-state index is 13.1. The van der Waals surface area contributed by atoms with E-state index >= 15 is 0 Å². The summed E-state index contributed by atoms with van der Waals surface area (Å²) in [5.41, 5.74) is 2.82. The summed E-state index contributed by atoms with van der Waals surface area (Å²) in [5, 5.41) is 6.89. The van der Waals surface area contributed by atoms with E-state index < -0.39 is 0 Å². The van der Waals surface area contributed by atoms with Gasteiger partial charge in [-0.2, -0.15) is 0 Å². The molecule has 1 unspecified atom stereocenters. The Morgan fingerprint density at radius 2 is 1.97 bits per heavy atom. The minimum absolute atomic E-state index is 0.115. The summed E-state index contributed by atoms with van der Waals surface area (Å²) in [7, 11) is 0. The minimum Gasteiger partial charge on any atom is -0.454 e. The first-order valence-electron chi connectivity index (χ1n) is 10.3. The van der Waals surface area contributed by atoms with Gasteiger partial charge in [0.15, 0.2) is 16.6 Å². The fourth-order valence-corrected chi connectivity index (χ4v) is 5.11. The van der Waals surface area contributed by atoms with Gasteiger partial charge in [0, 0.05) is 21.2 Å². The van der Waals surface area contributed by atoms with E-state index in [2.05, 4.69) is 15.6 Å². The molecule has 0 bridgehead atoms. The highest BCUT2D eigenvalue weighted by Crippen LogP contribution is 2.38. The number of halogens is 1. The Morgan fingerprint density at radius 1 is 1.12 bits per heavy atom. The molecule has 2 heterocycles. The van der Waals surface area contributed by atoms with Gasteiger partial charge in [-0.25, -0.2) is 4.98 Å². The number of rotatable bonds is 4. The van der Waals surface area contributed by atoms with Crippen LogP contribution in [0, 0.1) is 6.92 Å². The van der Waals surface area contributed by atoms with Crippen molar-refractivity contribution in [3.8, 4) is 11.5 Å². The lowest BCUT2D eigenvalue weighted by molar-refractivity contribution is -0.117. The van der Waals surface area contributed by atoms with Crippen molar-refractivity contribution in [3.05, 3.63) is 63.1 Å². The molecule has 0 radical (unpaired) electrons. The summed E-state index contributed by atoms with van der Waals surface area (Å²) in [6.07, 6.45) is 2.43. The first-order valence-corrected chi connectivity index (χ1v) is 11.4. The van der Waals surface area contributed by atoms with Crippen molar-refractivity contribution in [2.24, 2.45) is 0 Å². The molecule has 32 heavy (non-hydrogen) atoms. The van der Waals surface area contributed by atoms with E-state index in [1.54, 1.807) is 30.3 Å². The van der Waals surface area contributed by atoms with Gasteiger partial charge in [0.1, 0.15) is 0 Å². The zero-order valence-electron chi connectivity index (χ0n) is 17.2. The second kappa shape index (κ2) is 8.44. The third-order valence-corrected chi connectivity index (χ3v) is 6.86. The van der Waals surface area contributed by atoms with Crippen molar-refractivity contribution in [2.75, 3.05) is 17.4 Å². The zero-order chi connectivity index (χ0) is 22.2. The Kier molecular flexibility index (Phi) is 5.48. The maximum Gasteiger partial charge on any atom is 0.257 e. The van der Waals surface area contributed by atoms with Gasteiger partial charge < -0.3 is 14.8 Å². The molecule has 2 amide bonds. The number of amides is 2. The molecule has 3 aromatic rings. The average Bonchev–Trinajstić information content (AvgIpc) is 3.41. The average molecular weight is 470 g/mol. The molecule has 0 spiro atoms. The smallest absolute Gasteiger partial charge is 0.257 e. The molecule has 1 atom stereocenters. The molecule has 2 aromatic carbocycles. The van der Waals surface area contributed by atoms with Crippen LogP contribution in [0.15, 0.2) is 36.4 Å². The van der Waals surface area contributed by atoms with Crippen LogP contribution in [0.4, 0.5) is 10.8 Å². The molecule has 0 saturated heterocycles. The van der Waals surface area contributed by atoms with Crippen LogP contribution in [0.3, 0.4) is 0 Å². The van der Waals surface area contributed by atoms with Crippen molar-refractivity contribution >= 4 is 45.6 Å². The molecule has 0 saturated carbocycles. The molecule has 2 N–H and O–H groups in total. The van der Waals surface area contributed by atoms with Crippen molar-refractivity contribution in [3.63, 3.8) is 0 Å². The number of hydrogen-bond donors (Lipinski definition) is 2. The van der Waals surface area contributed by atoms with Gasteiger partial charge in [-0.3, -0.25) is 14.9 Å². The molecule has 164 valence electrons. The summed E-state index contributed by atoms with van der Waals surface area (Å²) >= 11 is 7.50. The molecule has 9 heteroatoms. The number of nitrogens with one attached hydrogen (secondary N) is 2. The molecule has 2 aliphatic rings. The Morgan fingerprint density at radius 3 is 2.84 bits per heavy atom. The predicted molar refractivity (Wildman–Crippen MR) is 123 cm³/mol. The van der Waals surface area contributed by atoms with Crippen molar-refractivity contribution in [1.82, 2.24) is 4.98 Å². The number of aromatic nitrogens is 1. The van der Waals surface area contributed by atoms with Gasteiger partial charge in [0.2, 0.25) is 12.7 Å². The Balaban J connectivity index is 1.33. The number of thiazole rings is 1. The van der Waals surface area contributed by atoms with E-state index in [0.29, 0.717) is 39.3 Å². The van der Waals surface area contributed by atoms with Crippen LogP contribution in [0.5, 0.6) is 11.5 Å². The number of carbonyl (C=O) groups is 2. The number of anilines is 2. The third kappa shape index (κ3) is 4.03. The first-order chi connectivity index (χ1) is 15.5. The summed E-state index contributed by atoms with van der Waals surface area (Å²) in [6.45, 7) is 2.07. The van der Waals surface area contributed by atoms with E-state index in [4.69, 9.17) is 21.1 Å². The third-order valence-electron chi connectivity index (χ3n) is 5.58.